The number of aromatic nitrogens is 1. The third-order valence-corrected chi connectivity index (χ3v) is 6.11. The molecule has 0 bridgehead atoms. The highest BCUT2D eigenvalue weighted by molar-refractivity contribution is 7.98. The molecule has 140 valence electrons. The minimum absolute atomic E-state index is 0.133. The molecule has 1 saturated heterocycles. The van der Waals surface area contributed by atoms with Gasteiger partial charge in [0, 0.05) is 35.7 Å². The first-order valence-electron chi connectivity index (χ1n) is 9.13. The number of piperidine rings is 1. The molecule has 1 amide bonds. The van der Waals surface area contributed by atoms with Gasteiger partial charge in [0.15, 0.2) is 0 Å². The Hall–Kier alpha value is -1.37. The quantitative estimate of drug-likeness (QED) is 0.642. The molecule has 0 unspecified atom stereocenters. The van der Waals surface area contributed by atoms with Crippen LogP contribution < -0.4 is 0 Å². The van der Waals surface area contributed by atoms with Crippen LogP contribution in [-0.2, 0) is 10.5 Å². The van der Waals surface area contributed by atoms with Gasteiger partial charge in [-0.2, -0.15) is 0 Å². The van der Waals surface area contributed by atoms with E-state index in [0.717, 1.165) is 54.4 Å². The number of likely N-dealkylation sites (tertiary alicyclic amines) is 1. The minimum atomic E-state index is 0.133. The molecular formula is C20H26N2O2S2. The predicted octanol–water partition coefficient (Wildman–Crippen LogP) is 4.71. The number of thiazole rings is 1. The highest BCUT2D eigenvalue weighted by Gasteiger charge is 2.25. The Morgan fingerprint density at radius 1 is 1.35 bits per heavy atom. The maximum absolute atomic E-state index is 13.0. The molecule has 0 atom stereocenters. The van der Waals surface area contributed by atoms with Crippen LogP contribution in [0.2, 0.25) is 0 Å². The summed E-state index contributed by atoms with van der Waals surface area (Å²) >= 11 is 3.28. The topological polar surface area (TPSA) is 42.4 Å². The highest BCUT2D eigenvalue weighted by Crippen LogP contribution is 2.28. The molecule has 0 aliphatic carbocycles. The van der Waals surface area contributed by atoms with Crippen LogP contribution in [0.25, 0.3) is 0 Å². The second kappa shape index (κ2) is 9.53. The van der Waals surface area contributed by atoms with E-state index in [1.54, 1.807) is 23.1 Å². The molecule has 3 rings (SSSR count). The molecule has 1 fully saturated rings. The van der Waals surface area contributed by atoms with E-state index in [9.17, 15) is 4.79 Å². The van der Waals surface area contributed by atoms with Gasteiger partial charge in [-0.05, 0) is 30.9 Å². The number of thioether (sulfide) groups is 1. The molecule has 4 nitrogen and oxygen atoms in total. The third kappa shape index (κ3) is 5.32. The fourth-order valence-corrected chi connectivity index (χ4v) is 4.56. The van der Waals surface area contributed by atoms with Gasteiger partial charge in [-0.15, -0.1) is 23.1 Å². The van der Waals surface area contributed by atoms with Gasteiger partial charge in [-0.1, -0.05) is 26.0 Å². The Morgan fingerprint density at radius 2 is 2.12 bits per heavy atom. The summed E-state index contributed by atoms with van der Waals surface area (Å²) in [5.41, 5.74) is 3.71. The van der Waals surface area contributed by atoms with Gasteiger partial charge in [-0.25, -0.2) is 4.98 Å². The van der Waals surface area contributed by atoms with E-state index >= 15 is 0 Å². The summed E-state index contributed by atoms with van der Waals surface area (Å²) in [6, 6.07) is 7.90. The van der Waals surface area contributed by atoms with Gasteiger partial charge in [0.2, 0.25) is 0 Å². The van der Waals surface area contributed by atoms with Crippen molar-refractivity contribution in [2.24, 2.45) is 5.92 Å². The van der Waals surface area contributed by atoms with Gasteiger partial charge in [0.05, 0.1) is 22.9 Å². The molecule has 1 aromatic carbocycles. The molecular weight excluding hydrogens is 364 g/mol. The van der Waals surface area contributed by atoms with Gasteiger partial charge in [0.25, 0.3) is 5.91 Å². The molecule has 1 aromatic heterocycles. The maximum Gasteiger partial charge on any atom is 0.254 e. The Morgan fingerprint density at radius 3 is 2.81 bits per heavy atom. The largest absolute Gasteiger partial charge is 0.378 e. The molecule has 0 saturated carbocycles. The van der Waals surface area contributed by atoms with Crippen molar-refractivity contribution in [2.45, 2.75) is 43.4 Å². The van der Waals surface area contributed by atoms with Crippen LogP contribution in [-0.4, -0.2) is 41.6 Å². The van der Waals surface area contributed by atoms with Crippen molar-refractivity contribution in [3.8, 4) is 0 Å². The molecule has 0 spiro atoms. The summed E-state index contributed by atoms with van der Waals surface area (Å²) < 4.78 is 5.93. The number of ether oxygens (including phenoxy) is 1. The lowest BCUT2D eigenvalue weighted by atomic mass is 10.1. The first kappa shape index (κ1) is 19.4. The second-order valence-corrected chi connectivity index (χ2v) is 8.72. The second-order valence-electron chi connectivity index (χ2n) is 6.98. The number of hydrogen-bond donors (Lipinski definition) is 0. The van der Waals surface area contributed by atoms with Crippen molar-refractivity contribution in [1.29, 1.82) is 0 Å². The van der Waals surface area contributed by atoms with Crippen LogP contribution in [0.4, 0.5) is 0 Å². The number of hydrogen-bond acceptors (Lipinski definition) is 5. The van der Waals surface area contributed by atoms with E-state index in [1.807, 2.05) is 34.7 Å². The van der Waals surface area contributed by atoms with Gasteiger partial charge >= 0.3 is 0 Å². The van der Waals surface area contributed by atoms with Crippen molar-refractivity contribution in [2.75, 3.05) is 19.7 Å². The summed E-state index contributed by atoms with van der Waals surface area (Å²) in [5.74, 6) is 1.48. The molecule has 1 aliphatic heterocycles. The fraction of sp³-hybridized carbons (Fsp3) is 0.500. The monoisotopic (exact) mass is 390 g/mol. The third-order valence-electron chi connectivity index (χ3n) is 4.37. The van der Waals surface area contributed by atoms with E-state index in [4.69, 9.17) is 4.74 Å². The molecule has 2 aromatic rings. The Kier molecular flexibility index (Phi) is 7.11. The van der Waals surface area contributed by atoms with Crippen molar-refractivity contribution in [3.63, 3.8) is 0 Å². The van der Waals surface area contributed by atoms with Crippen LogP contribution >= 0.6 is 23.1 Å². The van der Waals surface area contributed by atoms with Crippen LogP contribution in [0.5, 0.6) is 0 Å². The van der Waals surface area contributed by atoms with Crippen LogP contribution in [0.15, 0.2) is 40.1 Å². The molecule has 0 radical (unpaired) electrons. The van der Waals surface area contributed by atoms with Crippen LogP contribution in [0.1, 0.15) is 42.7 Å². The first-order chi connectivity index (χ1) is 12.6. The molecule has 2 heterocycles. The zero-order chi connectivity index (χ0) is 18.4. The number of rotatable bonds is 7. The molecule has 0 N–H and O–H groups in total. The number of carbonyl (C=O) groups excluding carboxylic acids is 1. The summed E-state index contributed by atoms with van der Waals surface area (Å²) in [5, 5.41) is 2.05. The van der Waals surface area contributed by atoms with Crippen LogP contribution in [0, 0.1) is 5.92 Å². The number of benzene rings is 1. The number of nitrogens with zero attached hydrogens (tertiary/aromatic N) is 2. The van der Waals surface area contributed by atoms with E-state index in [0.29, 0.717) is 5.92 Å². The zero-order valence-corrected chi connectivity index (χ0v) is 17.0. The average molecular weight is 391 g/mol. The standard InChI is InChI=1S/C20H26N2O2S2/c1-15(2)11-24-17-7-9-22(10-8-17)20(23)18-5-3-4-6-19(18)26-13-16-12-25-14-21-16/h3-6,12,14-15,17H,7-11,13H2,1-2H3. The lowest BCUT2D eigenvalue weighted by molar-refractivity contribution is -0.00238. The Bertz CT molecular complexity index is 696. The molecule has 26 heavy (non-hydrogen) atoms. The SMILES string of the molecule is CC(C)COC1CCN(C(=O)c2ccccc2SCc2cscn2)CC1. The molecule has 1 aliphatic rings. The first-order valence-corrected chi connectivity index (χ1v) is 11.1. The average Bonchev–Trinajstić information content (AvgIpc) is 3.18. The zero-order valence-electron chi connectivity index (χ0n) is 15.4. The summed E-state index contributed by atoms with van der Waals surface area (Å²) in [6.07, 6.45) is 2.13. The van der Waals surface area contributed by atoms with Crippen molar-refractivity contribution < 1.29 is 9.53 Å². The lowest BCUT2D eigenvalue weighted by Gasteiger charge is -2.32. The van der Waals surface area contributed by atoms with Gasteiger partial charge in [0.1, 0.15) is 0 Å². The number of amides is 1. The van der Waals surface area contributed by atoms with E-state index in [1.165, 1.54) is 0 Å². The predicted molar refractivity (Wildman–Crippen MR) is 108 cm³/mol. The minimum Gasteiger partial charge on any atom is -0.378 e. The summed E-state index contributed by atoms with van der Waals surface area (Å²) in [4.78, 5) is 20.3. The van der Waals surface area contributed by atoms with E-state index in [2.05, 4.69) is 24.2 Å². The smallest absolute Gasteiger partial charge is 0.254 e. The highest BCUT2D eigenvalue weighted by atomic mass is 32.2. The molecule has 6 heteroatoms. The van der Waals surface area contributed by atoms with Crippen molar-refractivity contribution >= 4 is 29.0 Å². The lowest BCUT2D eigenvalue weighted by Crippen LogP contribution is -2.41. The van der Waals surface area contributed by atoms with Crippen molar-refractivity contribution in [1.82, 2.24) is 9.88 Å². The van der Waals surface area contributed by atoms with E-state index < -0.39 is 0 Å². The van der Waals surface area contributed by atoms with Gasteiger partial charge < -0.3 is 9.64 Å². The summed E-state index contributed by atoms with van der Waals surface area (Å²) in [7, 11) is 0. The van der Waals surface area contributed by atoms with E-state index in [-0.39, 0.29) is 12.0 Å². The van der Waals surface area contributed by atoms with Crippen molar-refractivity contribution in [3.05, 3.63) is 46.4 Å². The number of carbonyl (C=O) groups is 1. The normalized spacial score (nSPS) is 15.6. The Balaban J connectivity index is 1.58. The fourth-order valence-electron chi connectivity index (χ4n) is 2.95. The summed E-state index contributed by atoms with van der Waals surface area (Å²) in [6.45, 7) is 6.67. The maximum atomic E-state index is 13.0. The van der Waals surface area contributed by atoms with Gasteiger partial charge in [-0.3, -0.25) is 4.79 Å². The Labute approximate surface area is 164 Å². The van der Waals surface area contributed by atoms with Crippen LogP contribution in [0.3, 0.4) is 0 Å².